The highest BCUT2D eigenvalue weighted by atomic mass is 14.8. The van der Waals surface area contributed by atoms with Crippen molar-refractivity contribution in [1.29, 1.82) is 0 Å². The lowest BCUT2D eigenvalue weighted by Crippen LogP contribution is -1.95. The van der Waals surface area contributed by atoms with E-state index in [0.717, 1.165) is 93.8 Å². The molecule has 0 spiro atoms. The number of hydrogen-bond acceptors (Lipinski definition) is 4. The van der Waals surface area contributed by atoms with Gasteiger partial charge in [0.15, 0.2) is 0 Å². The maximum absolute atomic E-state index is 5.52. The number of fused-ring (bicyclic) bond motifs is 22. The van der Waals surface area contributed by atoms with Crippen LogP contribution in [0, 0.1) is 0 Å². The van der Waals surface area contributed by atoms with Gasteiger partial charge in [-0.1, -0.05) is 267 Å². The summed E-state index contributed by atoms with van der Waals surface area (Å²) in [6, 6.07) is 123. The molecule has 4 aromatic heterocycles. The Morgan fingerprint density at radius 3 is 1.01 bits per heavy atom. The molecular weight excluding hydrogens is 1260 g/mol. The highest BCUT2D eigenvalue weighted by molar-refractivity contribution is 6.30. The average Bonchev–Trinajstić information content (AvgIpc) is 0.720. The zero-order valence-electron chi connectivity index (χ0n) is 56.3. The highest BCUT2D eigenvalue weighted by Gasteiger charge is 2.24. The molecule has 22 rings (SSSR count). The summed E-state index contributed by atoms with van der Waals surface area (Å²) in [5, 5.41) is 28.7. The lowest BCUT2D eigenvalue weighted by molar-refractivity contribution is 1.37. The first-order valence-corrected chi connectivity index (χ1v) is 35.7. The van der Waals surface area contributed by atoms with Crippen LogP contribution in [0.2, 0.25) is 0 Å². The molecule has 0 fully saturated rings. The second kappa shape index (κ2) is 22.9. The topological polar surface area (TPSA) is 51.6 Å². The van der Waals surface area contributed by atoms with Crippen LogP contribution in [0.25, 0.3) is 229 Å². The van der Waals surface area contributed by atoms with Crippen molar-refractivity contribution in [3.05, 3.63) is 352 Å². The predicted octanol–water partition coefficient (Wildman–Crippen LogP) is 27.1. The van der Waals surface area contributed by atoms with Crippen LogP contribution in [0.4, 0.5) is 0 Å². The largest absolute Gasteiger partial charge is 0.254 e. The Labute approximate surface area is 597 Å². The molecule has 0 atom stereocenters. The van der Waals surface area contributed by atoms with Crippen molar-refractivity contribution in [1.82, 2.24) is 19.9 Å². The van der Waals surface area contributed by atoms with Gasteiger partial charge in [-0.3, -0.25) is 15.0 Å². The number of benzene rings is 18. The van der Waals surface area contributed by atoms with Gasteiger partial charge in [0, 0.05) is 45.7 Å². The minimum absolute atomic E-state index is 0.873. The van der Waals surface area contributed by atoms with Crippen LogP contribution in [0.5, 0.6) is 0 Å². The van der Waals surface area contributed by atoms with Crippen LogP contribution in [0.15, 0.2) is 352 Å². The molecular formula is C100H58N4. The van der Waals surface area contributed by atoms with E-state index in [9.17, 15) is 0 Å². The Hall–Kier alpha value is -13.8. The molecule has 0 bridgehead atoms. The molecule has 0 aliphatic heterocycles. The van der Waals surface area contributed by atoms with Crippen molar-refractivity contribution in [2.24, 2.45) is 0 Å². The second-order valence-electron chi connectivity index (χ2n) is 27.8. The van der Waals surface area contributed by atoms with Gasteiger partial charge in [-0.25, -0.2) is 4.98 Å². The van der Waals surface area contributed by atoms with Gasteiger partial charge in [0.1, 0.15) is 0 Å². The summed E-state index contributed by atoms with van der Waals surface area (Å²) in [5.74, 6) is 0. The number of rotatable bonds is 7. The highest BCUT2D eigenvalue weighted by Crippen LogP contribution is 2.50. The molecule has 22 aromatic rings. The van der Waals surface area contributed by atoms with Gasteiger partial charge in [0.05, 0.1) is 27.8 Å². The van der Waals surface area contributed by atoms with Gasteiger partial charge in [-0.2, -0.15) is 0 Å². The summed E-state index contributed by atoms with van der Waals surface area (Å²) in [6.45, 7) is 0. The molecule has 0 aliphatic rings. The van der Waals surface area contributed by atoms with Crippen LogP contribution < -0.4 is 0 Å². The first-order chi connectivity index (χ1) is 51.6. The summed E-state index contributed by atoms with van der Waals surface area (Å²) in [6.07, 6.45) is 5.68. The van der Waals surface area contributed by atoms with E-state index in [4.69, 9.17) is 19.9 Å². The summed E-state index contributed by atoms with van der Waals surface area (Å²) >= 11 is 0. The van der Waals surface area contributed by atoms with Crippen molar-refractivity contribution < 1.29 is 0 Å². The Morgan fingerprint density at radius 1 is 0.154 bits per heavy atom. The van der Waals surface area contributed by atoms with Crippen LogP contribution in [-0.2, 0) is 0 Å². The summed E-state index contributed by atoms with van der Waals surface area (Å²) in [7, 11) is 0. The molecule has 4 nitrogen and oxygen atoms in total. The molecule has 0 aliphatic carbocycles. The van der Waals surface area contributed by atoms with E-state index in [1.54, 1.807) is 0 Å². The summed E-state index contributed by atoms with van der Waals surface area (Å²) in [4.78, 5) is 20.8. The molecule has 18 aromatic carbocycles. The summed E-state index contributed by atoms with van der Waals surface area (Å²) < 4.78 is 0. The lowest BCUT2D eigenvalue weighted by Gasteiger charge is -2.19. The van der Waals surface area contributed by atoms with Gasteiger partial charge in [-0.15, -0.1) is 0 Å². The van der Waals surface area contributed by atoms with E-state index >= 15 is 0 Å². The molecule has 0 N–H and O–H groups in total. The molecule has 4 heterocycles. The van der Waals surface area contributed by atoms with Gasteiger partial charge in [0.2, 0.25) is 0 Å². The maximum Gasteiger partial charge on any atom is 0.0972 e. The van der Waals surface area contributed by atoms with E-state index in [2.05, 4.69) is 334 Å². The fourth-order valence-electron chi connectivity index (χ4n) is 17.5. The van der Waals surface area contributed by atoms with E-state index in [0.29, 0.717) is 0 Å². The minimum atomic E-state index is 0.873. The van der Waals surface area contributed by atoms with E-state index in [1.807, 2.05) is 18.6 Å². The van der Waals surface area contributed by atoms with Crippen molar-refractivity contribution in [3.63, 3.8) is 0 Å². The van der Waals surface area contributed by atoms with Crippen molar-refractivity contribution >= 4 is 151 Å². The predicted molar refractivity (Wildman–Crippen MR) is 441 cm³/mol. The molecule has 4 heteroatoms. The van der Waals surface area contributed by atoms with Gasteiger partial charge < -0.3 is 0 Å². The fourth-order valence-corrected chi connectivity index (χ4v) is 17.5. The maximum atomic E-state index is 5.52. The second-order valence-corrected chi connectivity index (χ2v) is 27.8. The number of aromatic nitrogens is 4. The molecule has 0 saturated heterocycles. The Morgan fingerprint density at radius 2 is 0.510 bits per heavy atom. The smallest absolute Gasteiger partial charge is 0.0972 e. The molecule has 0 amide bonds. The Kier molecular flexibility index (Phi) is 12.8. The first-order valence-electron chi connectivity index (χ1n) is 35.7. The van der Waals surface area contributed by atoms with Gasteiger partial charge >= 0.3 is 0 Å². The molecule has 478 valence electrons. The molecule has 0 radical (unpaired) electrons. The SMILES string of the molecule is c1ccc2cc(-c3cccc4c(-c5ccc(-c6ccc7cc(-c8ccc9c%10ccc(-c%11c(-c%12ccc%13c%14ccccc%14c%14ccccc%14c%13c%12)c%12cccnc%12c%12ncccc%11%12)cc%10c%10ccccc%10c9c8)c8cccnc8c7n6)cc5)c5cccc(-c6ccc7ccccc7c6)c5cc34)ccc2c1. The Bertz CT molecular complexity index is 7290. The Balaban J connectivity index is 0.657. The van der Waals surface area contributed by atoms with Gasteiger partial charge in [-0.05, 0) is 241 Å². The zero-order valence-corrected chi connectivity index (χ0v) is 56.3. The van der Waals surface area contributed by atoms with Crippen molar-refractivity contribution in [2.75, 3.05) is 0 Å². The monoisotopic (exact) mass is 1310 g/mol. The van der Waals surface area contributed by atoms with Crippen LogP contribution in [-0.4, -0.2) is 19.9 Å². The van der Waals surface area contributed by atoms with E-state index in [1.165, 1.54) is 136 Å². The van der Waals surface area contributed by atoms with Crippen LogP contribution >= 0.6 is 0 Å². The van der Waals surface area contributed by atoms with Crippen LogP contribution in [0.1, 0.15) is 0 Å². The third-order valence-electron chi connectivity index (χ3n) is 22.3. The summed E-state index contributed by atoms with van der Waals surface area (Å²) in [5.41, 5.74) is 19.4. The third-order valence-corrected chi connectivity index (χ3v) is 22.3. The standard InChI is InChI=1S/C100H58N4/c1-3-18-63-52-65(39-33-59(63)16-1)71-26-11-28-82-91(71)58-92-72(66-40-34-60-17-2-4-19-64(60)53-66)27-12-29-83(92)94(82)62-37-35-61(36-38-62)93-48-44-70-57-87(84-30-13-49-101-98(84)97(70)104-93)67-41-45-80-81-47-43-69(56-90(81)78-25-10-9-24-77(78)88(80)54-67)96-86-32-15-51-103-100(86)99-85(31-14-50-102-99)95(96)68-42-46-79-75-22-6-5-20-73(75)74-21-7-8-23-76(74)89(79)55-68/h1-58H. The fraction of sp³-hybridized carbons (Fsp3) is 0. The first kappa shape index (κ1) is 58.0. The number of hydrogen-bond donors (Lipinski definition) is 0. The van der Waals surface area contributed by atoms with E-state index < -0.39 is 0 Å². The van der Waals surface area contributed by atoms with Crippen LogP contribution in [0.3, 0.4) is 0 Å². The lowest BCUT2D eigenvalue weighted by atomic mass is 9.84. The third kappa shape index (κ3) is 8.92. The molecule has 0 saturated carbocycles. The number of pyridine rings is 4. The average molecular weight is 1320 g/mol. The molecule has 104 heavy (non-hydrogen) atoms. The van der Waals surface area contributed by atoms with Gasteiger partial charge in [0.25, 0.3) is 0 Å². The normalized spacial score (nSPS) is 12.0. The molecule has 0 unspecified atom stereocenters. The van der Waals surface area contributed by atoms with Crippen molar-refractivity contribution in [3.8, 4) is 78.0 Å². The quantitative estimate of drug-likeness (QED) is 0.118. The zero-order chi connectivity index (χ0) is 68.1. The minimum Gasteiger partial charge on any atom is -0.254 e. The van der Waals surface area contributed by atoms with E-state index in [-0.39, 0.29) is 0 Å². The number of nitrogens with zero attached hydrogens (tertiary/aromatic N) is 4. The van der Waals surface area contributed by atoms with Crippen molar-refractivity contribution in [2.45, 2.75) is 0 Å².